The van der Waals surface area contributed by atoms with Gasteiger partial charge in [0.2, 0.25) is 0 Å². The molecule has 0 aliphatic heterocycles. The molecular formula is C12H17N. The fraction of sp³-hybridized carbons (Fsp3) is 0.333. The number of nitrogens with one attached hydrogen (secondary N) is 1. The van der Waals surface area contributed by atoms with Crippen LogP contribution >= 0.6 is 0 Å². The van der Waals surface area contributed by atoms with Gasteiger partial charge in [-0.2, -0.15) is 0 Å². The molecule has 0 fully saturated rings. The molecule has 0 aromatic heterocycles. The van der Waals surface area contributed by atoms with Gasteiger partial charge in [0.25, 0.3) is 0 Å². The van der Waals surface area contributed by atoms with E-state index >= 15 is 0 Å². The number of hydrogen-bond donors (Lipinski definition) is 1. The summed E-state index contributed by atoms with van der Waals surface area (Å²) < 4.78 is 0. The first-order valence-electron chi connectivity index (χ1n) is 4.88. The summed E-state index contributed by atoms with van der Waals surface area (Å²) in [6, 6.07) is 10.3. The predicted octanol–water partition coefficient (Wildman–Crippen LogP) is 3.80. The number of allylic oxidation sites excluding steroid dienone is 2. The molecule has 13 heavy (non-hydrogen) atoms. The number of hydrogen-bond acceptors (Lipinski definition) is 1. The Kier molecular flexibility index (Phi) is 4.10. The largest absolute Gasteiger partial charge is 0.359 e. The Morgan fingerprint density at radius 2 is 1.92 bits per heavy atom. The van der Waals surface area contributed by atoms with Crippen molar-refractivity contribution < 1.29 is 0 Å². The van der Waals surface area contributed by atoms with E-state index in [1.807, 2.05) is 18.2 Å². The fourth-order valence-corrected chi connectivity index (χ4v) is 1.24. The summed E-state index contributed by atoms with van der Waals surface area (Å²) in [4.78, 5) is 0. The van der Waals surface area contributed by atoms with Crippen molar-refractivity contribution in [2.75, 3.05) is 5.32 Å². The molecule has 1 nitrogen and oxygen atoms in total. The van der Waals surface area contributed by atoms with Crippen molar-refractivity contribution in [3.63, 3.8) is 0 Å². The summed E-state index contributed by atoms with van der Waals surface area (Å²) in [6.45, 7) is 4.32. The zero-order chi connectivity index (χ0) is 9.52. The van der Waals surface area contributed by atoms with Crippen molar-refractivity contribution in [1.82, 2.24) is 0 Å². The first-order chi connectivity index (χ1) is 6.36. The lowest BCUT2D eigenvalue weighted by Gasteiger charge is -2.08. The fourth-order valence-electron chi connectivity index (χ4n) is 1.24. The van der Waals surface area contributed by atoms with Gasteiger partial charge in [0.1, 0.15) is 0 Å². The van der Waals surface area contributed by atoms with E-state index in [4.69, 9.17) is 0 Å². The number of para-hydroxylation sites is 1. The molecule has 0 bridgehead atoms. The van der Waals surface area contributed by atoms with E-state index in [1.54, 1.807) is 0 Å². The Bertz CT molecular complexity index is 262. The maximum Gasteiger partial charge on any atom is 0.0381 e. The van der Waals surface area contributed by atoms with Gasteiger partial charge in [-0.05, 0) is 25.0 Å². The van der Waals surface area contributed by atoms with Gasteiger partial charge in [0, 0.05) is 11.4 Å². The van der Waals surface area contributed by atoms with Gasteiger partial charge in [-0.1, -0.05) is 38.1 Å². The molecule has 0 amide bonds. The molecule has 1 N–H and O–H groups in total. The minimum absolute atomic E-state index is 1.06. The lowest BCUT2D eigenvalue weighted by atomic mass is 10.2. The average Bonchev–Trinajstić information content (AvgIpc) is 2.19. The number of rotatable bonds is 4. The highest BCUT2D eigenvalue weighted by Gasteiger charge is 1.92. The van der Waals surface area contributed by atoms with Crippen LogP contribution in [0.2, 0.25) is 0 Å². The second-order valence-corrected chi connectivity index (χ2v) is 2.98. The van der Waals surface area contributed by atoms with Gasteiger partial charge in [-0.15, -0.1) is 0 Å². The first kappa shape index (κ1) is 9.85. The molecule has 0 unspecified atom stereocenters. The van der Waals surface area contributed by atoms with E-state index in [-0.39, 0.29) is 0 Å². The third-order valence-electron chi connectivity index (χ3n) is 1.91. The normalized spacial score (nSPS) is 11.4. The summed E-state index contributed by atoms with van der Waals surface area (Å²) >= 11 is 0. The summed E-state index contributed by atoms with van der Waals surface area (Å²) in [7, 11) is 0. The smallest absolute Gasteiger partial charge is 0.0381 e. The van der Waals surface area contributed by atoms with E-state index in [1.165, 1.54) is 11.4 Å². The predicted molar refractivity (Wildman–Crippen MR) is 58.7 cm³/mol. The van der Waals surface area contributed by atoms with Gasteiger partial charge in [0.05, 0.1) is 0 Å². The van der Waals surface area contributed by atoms with Gasteiger partial charge in [-0.25, -0.2) is 0 Å². The Labute approximate surface area is 80.5 Å². The standard InChI is InChI=1S/C12H17N/c1-3-8-11(4-2)13-12-9-6-5-7-10-12/h5-10,13H,3-4H2,1-2H3/b11-8+. The molecule has 0 atom stereocenters. The molecule has 0 saturated heterocycles. The lowest BCUT2D eigenvalue weighted by molar-refractivity contribution is 1.06. The highest BCUT2D eigenvalue weighted by atomic mass is 14.9. The van der Waals surface area contributed by atoms with Crippen molar-refractivity contribution >= 4 is 5.69 Å². The molecule has 0 spiro atoms. The summed E-state index contributed by atoms with van der Waals surface area (Å²) in [6.07, 6.45) is 4.37. The maximum atomic E-state index is 3.39. The van der Waals surface area contributed by atoms with E-state index in [2.05, 4.69) is 37.4 Å². The molecular weight excluding hydrogens is 158 g/mol. The van der Waals surface area contributed by atoms with Crippen molar-refractivity contribution in [2.45, 2.75) is 26.7 Å². The molecule has 1 heteroatoms. The lowest BCUT2D eigenvalue weighted by Crippen LogP contribution is -1.97. The van der Waals surface area contributed by atoms with Gasteiger partial charge in [-0.3, -0.25) is 0 Å². The van der Waals surface area contributed by atoms with Crippen molar-refractivity contribution in [3.05, 3.63) is 42.1 Å². The molecule has 0 saturated carbocycles. The van der Waals surface area contributed by atoms with Crippen molar-refractivity contribution in [2.24, 2.45) is 0 Å². The van der Waals surface area contributed by atoms with Crippen LogP contribution in [-0.2, 0) is 0 Å². The Balaban J connectivity index is 2.62. The van der Waals surface area contributed by atoms with Crippen LogP contribution in [0.15, 0.2) is 42.1 Å². The Hall–Kier alpha value is -1.24. The summed E-state index contributed by atoms with van der Waals surface area (Å²) in [5, 5.41) is 3.39. The molecule has 70 valence electrons. The van der Waals surface area contributed by atoms with Crippen LogP contribution in [-0.4, -0.2) is 0 Å². The van der Waals surface area contributed by atoms with Crippen LogP contribution in [0.5, 0.6) is 0 Å². The third kappa shape index (κ3) is 3.32. The van der Waals surface area contributed by atoms with E-state index < -0.39 is 0 Å². The van der Waals surface area contributed by atoms with Crippen LogP contribution in [0.4, 0.5) is 5.69 Å². The van der Waals surface area contributed by atoms with E-state index in [0.717, 1.165) is 12.8 Å². The van der Waals surface area contributed by atoms with Crippen LogP contribution in [0, 0.1) is 0 Å². The SMILES string of the molecule is CC/C=C(\CC)Nc1ccccc1. The summed E-state index contributed by atoms with van der Waals surface area (Å²) in [5.41, 5.74) is 2.47. The topological polar surface area (TPSA) is 12.0 Å². The third-order valence-corrected chi connectivity index (χ3v) is 1.91. The van der Waals surface area contributed by atoms with E-state index in [0.29, 0.717) is 0 Å². The zero-order valence-corrected chi connectivity index (χ0v) is 8.38. The second kappa shape index (κ2) is 5.41. The van der Waals surface area contributed by atoms with Crippen LogP contribution in [0.3, 0.4) is 0 Å². The van der Waals surface area contributed by atoms with Gasteiger partial charge in [0.15, 0.2) is 0 Å². The van der Waals surface area contributed by atoms with Gasteiger partial charge >= 0.3 is 0 Å². The average molecular weight is 175 g/mol. The van der Waals surface area contributed by atoms with Crippen LogP contribution in [0.25, 0.3) is 0 Å². The molecule has 1 aromatic carbocycles. The molecule has 0 aliphatic rings. The number of benzene rings is 1. The number of anilines is 1. The molecule has 0 heterocycles. The maximum absolute atomic E-state index is 3.39. The molecule has 1 rings (SSSR count). The minimum Gasteiger partial charge on any atom is -0.359 e. The van der Waals surface area contributed by atoms with Crippen LogP contribution in [0.1, 0.15) is 26.7 Å². The Morgan fingerprint density at radius 3 is 2.46 bits per heavy atom. The monoisotopic (exact) mass is 175 g/mol. The zero-order valence-electron chi connectivity index (χ0n) is 8.38. The highest BCUT2D eigenvalue weighted by molar-refractivity contribution is 5.47. The van der Waals surface area contributed by atoms with Crippen molar-refractivity contribution in [3.8, 4) is 0 Å². The minimum atomic E-state index is 1.06. The van der Waals surface area contributed by atoms with Crippen LogP contribution < -0.4 is 5.32 Å². The van der Waals surface area contributed by atoms with Crippen molar-refractivity contribution in [1.29, 1.82) is 0 Å². The summed E-state index contributed by atoms with van der Waals surface area (Å²) in [5.74, 6) is 0. The quantitative estimate of drug-likeness (QED) is 0.733. The highest BCUT2D eigenvalue weighted by Crippen LogP contribution is 2.11. The molecule has 0 aliphatic carbocycles. The molecule has 1 aromatic rings. The first-order valence-corrected chi connectivity index (χ1v) is 4.88. The van der Waals surface area contributed by atoms with E-state index in [9.17, 15) is 0 Å². The molecule has 0 radical (unpaired) electrons. The van der Waals surface area contributed by atoms with Gasteiger partial charge < -0.3 is 5.32 Å². The second-order valence-electron chi connectivity index (χ2n) is 2.98. The Morgan fingerprint density at radius 1 is 1.23 bits per heavy atom.